The second-order valence-electron chi connectivity index (χ2n) is 7.31. The van der Waals surface area contributed by atoms with Gasteiger partial charge in [0.25, 0.3) is 5.91 Å². The van der Waals surface area contributed by atoms with Crippen molar-refractivity contribution in [2.24, 2.45) is 0 Å². The number of hydrogen-bond acceptors (Lipinski definition) is 4. The van der Waals surface area contributed by atoms with E-state index in [9.17, 15) is 4.79 Å². The molecule has 152 valence electrons. The van der Waals surface area contributed by atoms with E-state index >= 15 is 0 Å². The second kappa shape index (κ2) is 9.08. The number of thiazole rings is 1. The predicted molar refractivity (Wildman–Crippen MR) is 129 cm³/mol. The lowest BCUT2D eigenvalue weighted by Gasteiger charge is -2.22. The van der Waals surface area contributed by atoms with Crippen LogP contribution in [0.4, 0.5) is 5.13 Å². The molecule has 0 aliphatic carbocycles. The third-order valence-electron chi connectivity index (χ3n) is 4.83. The lowest BCUT2D eigenvalue weighted by molar-refractivity contribution is 0.0985. The fourth-order valence-electron chi connectivity index (χ4n) is 3.18. The molecule has 0 bridgehead atoms. The summed E-state index contributed by atoms with van der Waals surface area (Å²) in [6.45, 7) is 1.33. The Labute approximate surface area is 188 Å². The van der Waals surface area contributed by atoms with Gasteiger partial charge in [-0.25, -0.2) is 4.98 Å². The summed E-state index contributed by atoms with van der Waals surface area (Å²) in [7, 11) is 4.01. The van der Waals surface area contributed by atoms with Gasteiger partial charge in [0.15, 0.2) is 5.13 Å². The summed E-state index contributed by atoms with van der Waals surface area (Å²) >= 11 is 5.05. The van der Waals surface area contributed by atoms with Gasteiger partial charge in [-0.2, -0.15) is 0 Å². The van der Waals surface area contributed by atoms with Gasteiger partial charge >= 0.3 is 0 Å². The van der Waals surface area contributed by atoms with E-state index in [2.05, 4.69) is 33.0 Å². The normalized spacial score (nSPS) is 11.2. The number of halogens is 1. The quantitative estimate of drug-likeness (QED) is 0.343. The van der Waals surface area contributed by atoms with Crippen molar-refractivity contribution < 1.29 is 4.79 Å². The monoisotopic (exact) mass is 479 g/mol. The van der Waals surface area contributed by atoms with Gasteiger partial charge in [0, 0.05) is 23.1 Å². The van der Waals surface area contributed by atoms with E-state index in [1.807, 2.05) is 74.8 Å². The Bertz CT molecular complexity index is 1160. The van der Waals surface area contributed by atoms with E-state index < -0.39 is 0 Å². The highest BCUT2D eigenvalue weighted by molar-refractivity contribution is 9.10. The van der Waals surface area contributed by atoms with E-state index in [4.69, 9.17) is 4.98 Å². The average molecular weight is 480 g/mol. The molecule has 0 atom stereocenters. The molecule has 0 saturated heterocycles. The fourth-order valence-corrected chi connectivity index (χ4v) is 4.72. The molecule has 0 unspecified atom stereocenters. The summed E-state index contributed by atoms with van der Waals surface area (Å²) in [5, 5.41) is 0.724. The van der Waals surface area contributed by atoms with Crippen LogP contribution in [-0.2, 0) is 0 Å². The number of aromatic nitrogens is 1. The minimum Gasteiger partial charge on any atom is -0.308 e. The first-order chi connectivity index (χ1) is 14.5. The Morgan fingerprint density at radius 2 is 1.63 bits per heavy atom. The van der Waals surface area contributed by atoms with Gasteiger partial charge < -0.3 is 4.90 Å². The molecule has 4 rings (SSSR count). The summed E-state index contributed by atoms with van der Waals surface area (Å²) < 4.78 is 2.06. The van der Waals surface area contributed by atoms with Crippen LogP contribution in [0.5, 0.6) is 0 Å². The molecular formula is C24H22BrN3OS. The van der Waals surface area contributed by atoms with E-state index in [1.165, 1.54) is 11.3 Å². The molecule has 6 heteroatoms. The number of anilines is 1. The van der Waals surface area contributed by atoms with Crippen LogP contribution in [0.15, 0.2) is 77.3 Å². The van der Waals surface area contributed by atoms with Crippen molar-refractivity contribution in [2.45, 2.75) is 0 Å². The molecule has 0 spiro atoms. The summed E-state index contributed by atoms with van der Waals surface area (Å²) in [6.07, 6.45) is 0. The zero-order valence-electron chi connectivity index (χ0n) is 16.9. The summed E-state index contributed by atoms with van der Waals surface area (Å²) in [5.74, 6) is -0.0328. The highest BCUT2D eigenvalue weighted by atomic mass is 79.9. The van der Waals surface area contributed by atoms with Crippen molar-refractivity contribution in [1.82, 2.24) is 9.88 Å². The molecule has 1 amide bonds. The fraction of sp³-hybridized carbons (Fsp3) is 0.167. The topological polar surface area (TPSA) is 36.4 Å². The lowest BCUT2D eigenvalue weighted by Crippen LogP contribution is -2.36. The molecule has 1 aromatic heterocycles. The van der Waals surface area contributed by atoms with Crippen molar-refractivity contribution in [3.8, 4) is 11.1 Å². The largest absolute Gasteiger partial charge is 0.308 e. The minimum absolute atomic E-state index is 0.0328. The lowest BCUT2D eigenvalue weighted by atomic mass is 10.0. The summed E-state index contributed by atoms with van der Waals surface area (Å²) in [5.41, 5.74) is 3.80. The van der Waals surface area contributed by atoms with Crippen molar-refractivity contribution in [3.63, 3.8) is 0 Å². The number of benzene rings is 3. The Morgan fingerprint density at radius 3 is 2.33 bits per heavy atom. The molecule has 30 heavy (non-hydrogen) atoms. The van der Waals surface area contributed by atoms with Gasteiger partial charge in [-0.05, 0) is 55.6 Å². The first kappa shape index (κ1) is 20.7. The van der Waals surface area contributed by atoms with Gasteiger partial charge in [0.05, 0.1) is 10.2 Å². The van der Waals surface area contributed by atoms with Crippen LogP contribution in [0.2, 0.25) is 0 Å². The molecule has 0 aliphatic heterocycles. The predicted octanol–water partition coefficient (Wildman–Crippen LogP) is 5.93. The molecule has 0 saturated carbocycles. The van der Waals surface area contributed by atoms with Crippen molar-refractivity contribution >= 4 is 48.5 Å². The van der Waals surface area contributed by atoms with Crippen molar-refractivity contribution in [3.05, 3.63) is 82.8 Å². The molecule has 4 aromatic rings. The highest BCUT2D eigenvalue weighted by Crippen LogP contribution is 2.32. The van der Waals surface area contributed by atoms with Gasteiger partial charge in [0.2, 0.25) is 0 Å². The first-order valence-corrected chi connectivity index (χ1v) is 11.3. The molecule has 0 N–H and O–H groups in total. The Morgan fingerprint density at radius 1 is 0.933 bits per heavy atom. The first-order valence-electron chi connectivity index (χ1n) is 9.69. The summed E-state index contributed by atoms with van der Waals surface area (Å²) in [6, 6.07) is 24.0. The average Bonchev–Trinajstić information content (AvgIpc) is 3.17. The van der Waals surface area contributed by atoms with Crippen LogP contribution in [-0.4, -0.2) is 43.0 Å². The second-order valence-corrected chi connectivity index (χ2v) is 9.24. The van der Waals surface area contributed by atoms with Crippen LogP contribution in [0.1, 0.15) is 10.4 Å². The summed E-state index contributed by atoms with van der Waals surface area (Å²) in [4.78, 5) is 22.0. The zero-order valence-corrected chi connectivity index (χ0v) is 19.3. The zero-order chi connectivity index (χ0) is 21.1. The van der Waals surface area contributed by atoms with Crippen LogP contribution in [0.25, 0.3) is 21.3 Å². The van der Waals surface area contributed by atoms with Crippen molar-refractivity contribution in [1.29, 1.82) is 0 Å². The van der Waals surface area contributed by atoms with Gasteiger partial charge in [-0.1, -0.05) is 69.7 Å². The van der Waals surface area contributed by atoms with Crippen LogP contribution in [0, 0.1) is 0 Å². The van der Waals surface area contributed by atoms with E-state index in [1.54, 1.807) is 4.90 Å². The molecule has 1 heterocycles. The van der Waals surface area contributed by atoms with Crippen LogP contribution < -0.4 is 4.90 Å². The Balaban J connectivity index is 1.65. The molecule has 0 aliphatic rings. The maximum absolute atomic E-state index is 13.4. The SMILES string of the molecule is CN(C)CCN(C(=O)c1ccc(-c2ccccc2)cc1)c1nc2ccc(Br)cc2s1. The van der Waals surface area contributed by atoms with Gasteiger partial charge in [-0.15, -0.1) is 0 Å². The van der Waals surface area contributed by atoms with Crippen LogP contribution >= 0.6 is 27.3 Å². The number of likely N-dealkylation sites (N-methyl/N-ethyl adjacent to an activating group) is 1. The van der Waals surface area contributed by atoms with E-state index in [0.717, 1.165) is 37.5 Å². The number of fused-ring (bicyclic) bond motifs is 1. The number of amides is 1. The molecule has 4 nitrogen and oxygen atoms in total. The molecule has 0 radical (unpaired) electrons. The molecule has 0 fully saturated rings. The Hall–Kier alpha value is -2.54. The number of rotatable bonds is 6. The van der Waals surface area contributed by atoms with Crippen LogP contribution in [0.3, 0.4) is 0 Å². The standard InChI is InChI=1S/C24H22BrN3OS/c1-27(2)14-15-28(24-26-21-13-12-20(25)16-22(21)30-24)23(29)19-10-8-18(9-11-19)17-6-4-3-5-7-17/h3-13,16H,14-15H2,1-2H3. The van der Waals surface area contributed by atoms with Crippen molar-refractivity contribution in [2.75, 3.05) is 32.1 Å². The highest BCUT2D eigenvalue weighted by Gasteiger charge is 2.21. The number of carbonyl (C=O) groups excluding carboxylic acids is 1. The smallest absolute Gasteiger partial charge is 0.260 e. The van der Waals surface area contributed by atoms with Gasteiger partial charge in [0.1, 0.15) is 0 Å². The molecule has 3 aromatic carbocycles. The van der Waals surface area contributed by atoms with E-state index in [0.29, 0.717) is 12.1 Å². The maximum atomic E-state index is 13.4. The number of hydrogen-bond donors (Lipinski definition) is 0. The Kier molecular flexibility index (Phi) is 6.27. The van der Waals surface area contributed by atoms with Gasteiger partial charge in [-0.3, -0.25) is 9.69 Å². The number of carbonyl (C=O) groups is 1. The third kappa shape index (κ3) is 4.61. The number of nitrogens with zero attached hydrogens (tertiary/aromatic N) is 3. The minimum atomic E-state index is -0.0328. The van der Waals surface area contributed by atoms with E-state index in [-0.39, 0.29) is 5.91 Å². The maximum Gasteiger partial charge on any atom is 0.260 e. The third-order valence-corrected chi connectivity index (χ3v) is 6.36. The molecular weight excluding hydrogens is 458 g/mol.